The van der Waals surface area contributed by atoms with Crippen molar-refractivity contribution in [1.82, 2.24) is 44.5 Å². The molecule has 0 aliphatic carbocycles. The molecule has 3 fully saturated rings. The fraction of sp³-hybridized carbons (Fsp3) is 0.550. The van der Waals surface area contributed by atoms with Crippen LogP contribution in [0.1, 0.15) is 12.6 Å². The van der Waals surface area contributed by atoms with Crippen molar-refractivity contribution in [3.8, 4) is 0 Å². The molecule has 42 heavy (non-hydrogen) atoms. The van der Waals surface area contributed by atoms with E-state index in [2.05, 4.69) is 35.2 Å². The van der Waals surface area contributed by atoms with Gasteiger partial charge in [-0.15, -0.1) is 5.10 Å². The first kappa shape index (κ1) is 27.6. The summed E-state index contributed by atoms with van der Waals surface area (Å²) in [7, 11) is 0. The first-order valence-electron chi connectivity index (χ1n) is 12.5. The van der Waals surface area contributed by atoms with Crippen molar-refractivity contribution < 1.29 is 38.4 Å². The van der Waals surface area contributed by atoms with E-state index in [0.717, 1.165) is 4.68 Å². The minimum atomic E-state index is -4.05. The summed E-state index contributed by atoms with van der Waals surface area (Å²) in [6.45, 7) is -5.02. The Morgan fingerprint density at radius 2 is 2.05 bits per heavy atom. The number of fused-ring (bicyclic) bond motifs is 4. The number of hydrogen-bond acceptors (Lipinski definition) is 17. The Morgan fingerprint density at radius 3 is 2.81 bits per heavy atom. The zero-order chi connectivity index (χ0) is 29.4. The van der Waals surface area contributed by atoms with Crippen LogP contribution < -0.4 is 17.0 Å². The van der Waals surface area contributed by atoms with Crippen molar-refractivity contribution in [1.29, 1.82) is 0 Å². The second kappa shape index (κ2) is 9.64. The number of aliphatic hydroxyl groups is 2. The number of imidazole rings is 1. The smallest absolute Gasteiger partial charge is 0.325 e. The lowest BCUT2D eigenvalue weighted by Gasteiger charge is -2.30. The van der Waals surface area contributed by atoms with Crippen LogP contribution in [0.25, 0.3) is 22.3 Å². The summed E-state index contributed by atoms with van der Waals surface area (Å²) < 4.78 is 32.0. The molecule has 3 aliphatic heterocycles. The number of nitrogens with one attached hydrogen (secondary N) is 1. The highest BCUT2D eigenvalue weighted by molar-refractivity contribution is 8.07. The molecule has 8 N–H and O–H groups in total. The first-order valence-corrected chi connectivity index (χ1v) is 15.1. The molecule has 0 spiro atoms. The minimum absolute atomic E-state index is 0.000429. The maximum atomic E-state index is 12.2. The van der Waals surface area contributed by atoms with E-state index in [1.165, 1.54) is 17.2 Å². The highest BCUT2D eigenvalue weighted by Gasteiger charge is 2.67. The quantitative estimate of drug-likeness (QED) is 0.108. The zero-order valence-electron chi connectivity index (χ0n) is 21.4. The lowest BCUT2D eigenvalue weighted by atomic mass is 9.97. The third-order valence-electron chi connectivity index (χ3n) is 7.51. The zero-order valence-corrected chi connectivity index (χ0v) is 23.1. The monoisotopic (exact) mass is 625 g/mol. The molecular formula is C20H24N11O9PS. The van der Waals surface area contributed by atoms with E-state index in [1.807, 2.05) is 0 Å². The third-order valence-corrected chi connectivity index (χ3v) is 9.08. The second-order valence-electron chi connectivity index (χ2n) is 10.0. The van der Waals surface area contributed by atoms with Crippen LogP contribution in [0.15, 0.2) is 17.4 Å². The summed E-state index contributed by atoms with van der Waals surface area (Å²) in [5.74, 6) is -0.0125. The van der Waals surface area contributed by atoms with Gasteiger partial charge < -0.3 is 49.8 Å². The number of nitrogen functional groups attached to an aromatic ring is 2. The maximum Gasteiger partial charge on any atom is 0.325 e. The fourth-order valence-corrected chi connectivity index (χ4v) is 6.90. The number of H-pyrrole nitrogens is 1. The van der Waals surface area contributed by atoms with Gasteiger partial charge in [0.1, 0.15) is 29.7 Å². The van der Waals surface area contributed by atoms with Gasteiger partial charge in [-0.25, -0.2) is 15.0 Å². The number of ether oxygens (including phenoxy) is 3. The molecule has 0 aromatic carbocycles. The Balaban J connectivity index is 1.10. The van der Waals surface area contributed by atoms with E-state index < -0.39 is 54.8 Å². The summed E-state index contributed by atoms with van der Waals surface area (Å²) in [6.07, 6.45) is -1.34. The van der Waals surface area contributed by atoms with Gasteiger partial charge in [-0.3, -0.25) is 14.3 Å². The molecular weight excluding hydrogens is 601 g/mol. The number of nitrogens with zero attached hydrogens (tertiary/aromatic N) is 8. The van der Waals surface area contributed by atoms with E-state index in [0.29, 0.717) is 11.2 Å². The van der Waals surface area contributed by atoms with Gasteiger partial charge in [-0.2, -0.15) is 9.67 Å². The molecule has 0 amide bonds. The summed E-state index contributed by atoms with van der Waals surface area (Å²) in [6, 6.07) is 0. The minimum Gasteiger partial charge on any atom is -0.394 e. The molecule has 7 rings (SSSR count). The average Bonchev–Trinajstić information content (AvgIpc) is 3.76. The lowest BCUT2D eigenvalue weighted by molar-refractivity contribution is -0.171. The van der Waals surface area contributed by atoms with Crippen LogP contribution in [-0.4, -0.2) is 110 Å². The van der Waals surface area contributed by atoms with Crippen molar-refractivity contribution in [3.05, 3.63) is 23.0 Å². The number of hydrogen-bond donors (Lipinski definition) is 6. The van der Waals surface area contributed by atoms with Crippen molar-refractivity contribution in [2.45, 2.75) is 42.3 Å². The average molecular weight is 626 g/mol. The Labute approximate surface area is 238 Å². The SMILES string of the molecule is Nc1nc2c(nnn2[C@@H]2O[C@H](CO)C[C@H]2OP(O)(=S)OC[C@@]23CO[C@@](n4cnc5c(N)ncnc54)(CO2)[C@@H]3O)c(=O)[nH]1. The van der Waals surface area contributed by atoms with Crippen LogP contribution in [0.2, 0.25) is 0 Å². The number of aromatic nitrogens is 9. The molecule has 20 nitrogen and oxygen atoms in total. The second-order valence-corrected chi connectivity index (χ2v) is 12.8. The van der Waals surface area contributed by atoms with E-state index in [-0.39, 0.29) is 49.2 Å². The Morgan fingerprint density at radius 1 is 1.21 bits per heavy atom. The molecule has 0 saturated carbocycles. The van der Waals surface area contributed by atoms with E-state index in [1.54, 1.807) is 0 Å². The molecule has 3 saturated heterocycles. The largest absolute Gasteiger partial charge is 0.394 e. The van der Waals surface area contributed by atoms with Crippen molar-refractivity contribution in [3.63, 3.8) is 0 Å². The molecule has 1 unspecified atom stereocenters. The first-order chi connectivity index (χ1) is 20.1. The van der Waals surface area contributed by atoms with Gasteiger partial charge in [0.2, 0.25) is 5.95 Å². The number of aliphatic hydroxyl groups excluding tert-OH is 2. The van der Waals surface area contributed by atoms with Gasteiger partial charge in [0.05, 0.1) is 38.9 Å². The molecule has 0 radical (unpaired) electrons. The van der Waals surface area contributed by atoms with Crippen molar-refractivity contribution in [2.24, 2.45) is 0 Å². The van der Waals surface area contributed by atoms with Crippen molar-refractivity contribution in [2.75, 3.05) is 37.9 Å². The predicted octanol–water partition coefficient (Wildman–Crippen LogP) is -2.77. The van der Waals surface area contributed by atoms with Crippen LogP contribution >= 0.6 is 6.72 Å². The number of nitrogens with two attached hydrogens (primary N) is 2. The number of aromatic amines is 1. The van der Waals surface area contributed by atoms with Gasteiger partial charge in [0.15, 0.2) is 34.6 Å². The normalized spacial score (nSPS) is 32.3. The van der Waals surface area contributed by atoms with Gasteiger partial charge in [0.25, 0.3) is 5.56 Å². The van der Waals surface area contributed by atoms with Gasteiger partial charge >= 0.3 is 6.72 Å². The van der Waals surface area contributed by atoms with E-state index in [4.69, 9.17) is 46.5 Å². The van der Waals surface area contributed by atoms with Crippen molar-refractivity contribution >= 4 is 52.6 Å². The van der Waals surface area contributed by atoms with E-state index >= 15 is 0 Å². The Kier molecular flexibility index (Phi) is 6.33. The highest BCUT2D eigenvalue weighted by atomic mass is 32.5. The van der Waals surface area contributed by atoms with Gasteiger partial charge in [0, 0.05) is 6.42 Å². The third kappa shape index (κ3) is 4.12. The molecule has 4 aromatic rings. The van der Waals surface area contributed by atoms with Gasteiger partial charge in [-0.1, -0.05) is 5.21 Å². The standard InChI is InChI=1S/C20H24N11O9PS/c21-12-10-13(24-6-23-12)30(7-25-10)20-5-36-19(3-37-20,17(20)34)4-38-41(35,42)40-9-1-8(2-32)39-16(9)31-14-11(28-29-31)15(33)27-18(22)26-14/h6-9,16-17,32,34H,1-5H2,(H,35,42)(H2,21,23,24)(H3,22,26,27,33)/t8-,9+,16+,17+,19+,20-,41?/m0/s1. The number of anilines is 2. The predicted molar refractivity (Wildman–Crippen MR) is 142 cm³/mol. The van der Waals surface area contributed by atoms with Crippen LogP contribution in [0.4, 0.5) is 11.8 Å². The molecule has 7 atom stereocenters. The van der Waals surface area contributed by atoms with Crippen LogP contribution in [0, 0.1) is 0 Å². The molecule has 4 aromatic heterocycles. The van der Waals surface area contributed by atoms with Crippen LogP contribution in [0.3, 0.4) is 0 Å². The molecule has 7 heterocycles. The summed E-state index contributed by atoms with van der Waals surface area (Å²) in [4.78, 5) is 42.0. The summed E-state index contributed by atoms with van der Waals surface area (Å²) in [5.41, 5.74) is 8.73. The maximum absolute atomic E-state index is 12.2. The van der Waals surface area contributed by atoms with E-state index in [9.17, 15) is 19.9 Å². The number of rotatable bonds is 8. The highest BCUT2D eigenvalue weighted by Crippen LogP contribution is 2.53. The lowest BCUT2D eigenvalue weighted by Crippen LogP contribution is -2.47. The summed E-state index contributed by atoms with van der Waals surface area (Å²) in [5, 5.41) is 28.9. The fourth-order valence-electron chi connectivity index (χ4n) is 5.43. The molecule has 224 valence electrons. The molecule has 22 heteroatoms. The molecule has 3 aliphatic rings. The Bertz CT molecular complexity index is 1790. The molecule has 2 bridgehead atoms. The summed E-state index contributed by atoms with van der Waals surface area (Å²) >= 11 is 5.29. The van der Waals surface area contributed by atoms with Crippen LogP contribution in [-0.2, 0) is 40.8 Å². The topological polar surface area (TPSA) is 279 Å². The Hall–Kier alpha value is -3.24. The van der Waals surface area contributed by atoms with Crippen LogP contribution in [0.5, 0.6) is 0 Å². The van der Waals surface area contributed by atoms with Gasteiger partial charge in [-0.05, 0) is 11.8 Å².